The van der Waals surface area contributed by atoms with Crippen molar-refractivity contribution in [1.29, 1.82) is 0 Å². The number of amides is 2. The first kappa shape index (κ1) is 20.3. The van der Waals surface area contributed by atoms with Crippen molar-refractivity contribution in [3.05, 3.63) is 71.1 Å². The van der Waals surface area contributed by atoms with E-state index in [-0.39, 0.29) is 6.03 Å². The second-order valence-corrected chi connectivity index (χ2v) is 7.82. The van der Waals surface area contributed by atoms with Crippen LogP contribution in [0.25, 0.3) is 11.5 Å². The summed E-state index contributed by atoms with van der Waals surface area (Å²) in [6.45, 7) is 5.42. The van der Waals surface area contributed by atoms with Gasteiger partial charge in [-0.05, 0) is 31.2 Å². The van der Waals surface area contributed by atoms with Gasteiger partial charge < -0.3 is 19.5 Å². The summed E-state index contributed by atoms with van der Waals surface area (Å²) in [5.41, 5.74) is 4.00. The monoisotopic (exact) mass is 424 g/mol. The van der Waals surface area contributed by atoms with E-state index in [0.29, 0.717) is 31.9 Å². The van der Waals surface area contributed by atoms with Gasteiger partial charge in [-0.25, -0.2) is 9.78 Å². The van der Waals surface area contributed by atoms with Crippen molar-refractivity contribution in [3.63, 3.8) is 0 Å². The molecule has 0 aliphatic carbocycles. The van der Waals surface area contributed by atoms with Gasteiger partial charge in [0.25, 0.3) is 0 Å². The number of halogens is 1. The highest BCUT2D eigenvalue weighted by Crippen LogP contribution is 2.26. The molecule has 0 unspecified atom stereocenters. The van der Waals surface area contributed by atoms with Crippen LogP contribution < -0.4 is 10.2 Å². The summed E-state index contributed by atoms with van der Waals surface area (Å²) in [5, 5.41) is 3.73. The fourth-order valence-corrected chi connectivity index (χ4v) is 3.77. The van der Waals surface area contributed by atoms with Crippen LogP contribution in [-0.2, 0) is 6.42 Å². The molecule has 2 aromatic carbocycles. The zero-order valence-corrected chi connectivity index (χ0v) is 17.7. The summed E-state index contributed by atoms with van der Waals surface area (Å²) in [6, 6.07) is 15.8. The molecule has 1 saturated heterocycles. The highest BCUT2D eigenvalue weighted by molar-refractivity contribution is 6.33. The van der Waals surface area contributed by atoms with Crippen LogP contribution in [0.5, 0.6) is 0 Å². The van der Waals surface area contributed by atoms with Crippen molar-refractivity contribution >= 4 is 23.3 Å². The lowest BCUT2D eigenvalue weighted by Gasteiger charge is -2.36. The van der Waals surface area contributed by atoms with Crippen LogP contribution in [0.1, 0.15) is 11.3 Å². The van der Waals surface area contributed by atoms with E-state index >= 15 is 0 Å². The average molecular weight is 425 g/mol. The fourth-order valence-electron chi connectivity index (χ4n) is 3.52. The SMILES string of the molecule is Cc1ccc(-c2nc(CCNC(=O)N3CCN(c4ccccc4Cl)CC3)co2)cc1. The lowest BCUT2D eigenvalue weighted by molar-refractivity contribution is 0.194. The van der Waals surface area contributed by atoms with Crippen molar-refractivity contribution in [2.24, 2.45) is 0 Å². The summed E-state index contributed by atoms with van der Waals surface area (Å²) in [6.07, 6.45) is 2.28. The topological polar surface area (TPSA) is 61.6 Å². The van der Waals surface area contributed by atoms with E-state index in [9.17, 15) is 4.79 Å². The molecule has 30 heavy (non-hydrogen) atoms. The van der Waals surface area contributed by atoms with Gasteiger partial charge in [-0.3, -0.25) is 0 Å². The number of piperazine rings is 1. The van der Waals surface area contributed by atoms with Gasteiger partial charge in [0.1, 0.15) is 6.26 Å². The first-order chi connectivity index (χ1) is 14.6. The Morgan fingerprint density at radius 1 is 1.10 bits per heavy atom. The number of carbonyl (C=O) groups excluding carboxylic acids is 1. The van der Waals surface area contributed by atoms with E-state index in [1.165, 1.54) is 5.56 Å². The third-order valence-electron chi connectivity index (χ3n) is 5.27. The second-order valence-electron chi connectivity index (χ2n) is 7.42. The zero-order chi connectivity index (χ0) is 20.9. The van der Waals surface area contributed by atoms with Gasteiger partial charge in [0.15, 0.2) is 0 Å². The molecule has 1 fully saturated rings. The van der Waals surface area contributed by atoms with Gasteiger partial charge in [0.2, 0.25) is 5.89 Å². The van der Waals surface area contributed by atoms with Crippen LogP contribution in [0.3, 0.4) is 0 Å². The standard InChI is InChI=1S/C23H25ClN4O2/c1-17-6-8-18(9-7-17)22-26-19(16-30-22)10-11-25-23(29)28-14-12-27(13-15-28)21-5-3-2-4-20(21)24/h2-9,16H,10-15H2,1H3,(H,25,29). The van der Waals surface area contributed by atoms with Gasteiger partial charge in [-0.2, -0.15) is 0 Å². The van der Waals surface area contributed by atoms with Gasteiger partial charge >= 0.3 is 6.03 Å². The molecular formula is C23H25ClN4O2. The number of benzene rings is 2. The summed E-state index contributed by atoms with van der Waals surface area (Å²) in [5.74, 6) is 0.604. The summed E-state index contributed by atoms with van der Waals surface area (Å²) in [7, 11) is 0. The molecule has 156 valence electrons. The van der Waals surface area contributed by atoms with E-state index in [4.69, 9.17) is 16.0 Å². The molecule has 1 aliphatic rings. The van der Waals surface area contributed by atoms with Crippen LogP contribution in [0.4, 0.5) is 10.5 Å². The molecule has 0 radical (unpaired) electrons. The number of hydrogen-bond acceptors (Lipinski definition) is 4. The summed E-state index contributed by atoms with van der Waals surface area (Å²) < 4.78 is 5.58. The highest BCUT2D eigenvalue weighted by atomic mass is 35.5. The normalized spacial score (nSPS) is 14.1. The van der Waals surface area contributed by atoms with Crippen molar-refractivity contribution < 1.29 is 9.21 Å². The highest BCUT2D eigenvalue weighted by Gasteiger charge is 2.22. The molecule has 1 aromatic heterocycles. The van der Waals surface area contributed by atoms with Crippen LogP contribution >= 0.6 is 11.6 Å². The zero-order valence-electron chi connectivity index (χ0n) is 17.0. The third kappa shape index (κ3) is 4.76. The quantitative estimate of drug-likeness (QED) is 0.660. The number of rotatable bonds is 5. The predicted octanol–water partition coefficient (Wildman–Crippen LogP) is 4.38. The van der Waals surface area contributed by atoms with E-state index in [1.54, 1.807) is 6.26 Å². The van der Waals surface area contributed by atoms with Gasteiger partial charge in [-0.1, -0.05) is 41.4 Å². The number of hydrogen-bond donors (Lipinski definition) is 1. The van der Waals surface area contributed by atoms with E-state index in [1.807, 2.05) is 60.4 Å². The molecule has 3 aromatic rings. The van der Waals surface area contributed by atoms with Crippen LogP contribution in [-0.4, -0.2) is 48.6 Å². The third-order valence-corrected chi connectivity index (χ3v) is 5.59. The molecule has 4 rings (SSSR count). The smallest absolute Gasteiger partial charge is 0.317 e. The molecule has 1 N–H and O–H groups in total. The van der Waals surface area contributed by atoms with Crippen molar-refractivity contribution in [3.8, 4) is 11.5 Å². The average Bonchev–Trinajstić information content (AvgIpc) is 3.23. The predicted molar refractivity (Wildman–Crippen MR) is 119 cm³/mol. The van der Waals surface area contributed by atoms with Crippen molar-refractivity contribution in [2.75, 3.05) is 37.6 Å². The first-order valence-electron chi connectivity index (χ1n) is 10.1. The number of nitrogens with one attached hydrogen (secondary N) is 1. The maximum atomic E-state index is 12.5. The minimum atomic E-state index is -0.0453. The lowest BCUT2D eigenvalue weighted by atomic mass is 10.1. The number of anilines is 1. The molecule has 0 atom stereocenters. The second kappa shape index (κ2) is 9.22. The summed E-state index contributed by atoms with van der Waals surface area (Å²) in [4.78, 5) is 21.1. The van der Waals surface area contributed by atoms with Crippen LogP contribution in [0.15, 0.2) is 59.2 Å². The Bertz CT molecular complexity index is 994. The fraction of sp³-hybridized carbons (Fsp3) is 0.304. The molecule has 1 aliphatic heterocycles. The minimum Gasteiger partial charge on any atom is -0.444 e. The number of para-hydroxylation sites is 1. The Hall–Kier alpha value is -2.99. The maximum Gasteiger partial charge on any atom is 0.317 e. The maximum absolute atomic E-state index is 12.5. The number of nitrogens with zero attached hydrogens (tertiary/aromatic N) is 3. The minimum absolute atomic E-state index is 0.0453. The van der Waals surface area contributed by atoms with E-state index in [2.05, 4.69) is 15.2 Å². The van der Waals surface area contributed by atoms with Gasteiger partial charge in [0.05, 0.1) is 16.4 Å². The molecule has 2 amide bonds. The van der Waals surface area contributed by atoms with Gasteiger partial charge in [0, 0.05) is 44.7 Å². The Morgan fingerprint density at radius 2 is 1.83 bits per heavy atom. The molecule has 2 heterocycles. The first-order valence-corrected chi connectivity index (χ1v) is 10.5. The Balaban J connectivity index is 1.23. The molecule has 6 nitrogen and oxygen atoms in total. The van der Waals surface area contributed by atoms with Crippen LogP contribution in [0, 0.1) is 6.92 Å². The largest absolute Gasteiger partial charge is 0.444 e. The Kier molecular flexibility index (Phi) is 6.23. The van der Waals surface area contributed by atoms with E-state index in [0.717, 1.165) is 35.1 Å². The molecular weight excluding hydrogens is 400 g/mol. The van der Waals surface area contributed by atoms with Crippen molar-refractivity contribution in [2.45, 2.75) is 13.3 Å². The van der Waals surface area contributed by atoms with Crippen molar-refractivity contribution in [1.82, 2.24) is 15.2 Å². The molecule has 0 saturated carbocycles. The summed E-state index contributed by atoms with van der Waals surface area (Å²) >= 11 is 6.28. The van der Waals surface area contributed by atoms with E-state index < -0.39 is 0 Å². The Labute approximate surface area is 181 Å². The lowest BCUT2D eigenvalue weighted by Crippen LogP contribution is -2.52. The van der Waals surface area contributed by atoms with Crippen LogP contribution in [0.2, 0.25) is 5.02 Å². The molecule has 0 spiro atoms. The number of oxazole rings is 1. The number of urea groups is 1. The number of aryl methyl sites for hydroxylation is 1. The molecule has 7 heteroatoms. The van der Waals surface area contributed by atoms with Gasteiger partial charge in [-0.15, -0.1) is 0 Å². The Morgan fingerprint density at radius 3 is 2.57 bits per heavy atom. The molecule has 0 bridgehead atoms. The number of carbonyl (C=O) groups is 1. The number of aromatic nitrogens is 1.